The Morgan fingerprint density at radius 1 is 0.613 bits per heavy atom. The van der Waals surface area contributed by atoms with Crippen LogP contribution < -0.4 is 0 Å². The van der Waals surface area contributed by atoms with Crippen LogP contribution in [0.1, 0.15) is 83.5 Å². The lowest BCUT2D eigenvalue weighted by atomic mass is 10.0. The molecular formula is C21H40O10. The molecule has 0 aliphatic heterocycles. The Morgan fingerprint density at radius 2 is 0.935 bits per heavy atom. The van der Waals surface area contributed by atoms with Gasteiger partial charge in [-0.2, -0.15) is 0 Å². The van der Waals surface area contributed by atoms with Crippen molar-refractivity contribution in [3.8, 4) is 0 Å². The maximum Gasteiger partial charge on any atom is 0.303 e. The lowest BCUT2D eigenvalue weighted by Gasteiger charge is -2.22. The zero-order valence-electron chi connectivity index (χ0n) is 18.1. The number of aliphatic carboxylic acids is 2. The SMILES string of the molecule is O=C(O)CCCCCCCCCCCCCC(=O)O.O=CC(O)C(O)C(O)C(O)CO. The highest BCUT2D eigenvalue weighted by molar-refractivity contribution is 5.66. The quantitative estimate of drug-likeness (QED) is 0.109. The van der Waals surface area contributed by atoms with E-state index in [1.54, 1.807) is 0 Å². The molecule has 10 nitrogen and oxygen atoms in total. The Morgan fingerprint density at radius 3 is 1.19 bits per heavy atom. The maximum atomic E-state index is 10.3. The van der Waals surface area contributed by atoms with Crippen LogP contribution in [0.25, 0.3) is 0 Å². The number of aliphatic hydroxyl groups is 5. The number of carbonyl (C=O) groups is 3. The molecule has 10 heteroatoms. The van der Waals surface area contributed by atoms with Gasteiger partial charge in [0.05, 0.1) is 6.61 Å². The maximum absolute atomic E-state index is 10.3. The number of carboxylic acid groups (broad SMARTS) is 2. The first-order chi connectivity index (χ1) is 14.7. The molecule has 0 amide bonds. The van der Waals surface area contributed by atoms with Crippen LogP contribution in [0.2, 0.25) is 0 Å². The number of hydrogen-bond acceptors (Lipinski definition) is 8. The van der Waals surface area contributed by atoms with E-state index >= 15 is 0 Å². The molecule has 0 aromatic heterocycles. The first-order valence-electron chi connectivity index (χ1n) is 10.9. The fraction of sp³-hybridized carbons (Fsp3) is 0.857. The van der Waals surface area contributed by atoms with Crippen molar-refractivity contribution < 1.29 is 50.1 Å². The van der Waals surface area contributed by atoms with Crippen molar-refractivity contribution in [2.45, 2.75) is 108 Å². The lowest BCUT2D eigenvalue weighted by Crippen LogP contribution is -2.46. The molecule has 0 aliphatic carbocycles. The van der Waals surface area contributed by atoms with Crippen molar-refractivity contribution >= 4 is 18.2 Å². The van der Waals surface area contributed by atoms with Crippen molar-refractivity contribution in [3.05, 3.63) is 0 Å². The predicted molar refractivity (Wildman–Crippen MR) is 112 cm³/mol. The molecule has 0 fully saturated rings. The largest absolute Gasteiger partial charge is 0.481 e. The van der Waals surface area contributed by atoms with Crippen molar-refractivity contribution in [1.29, 1.82) is 0 Å². The van der Waals surface area contributed by atoms with Gasteiger partial charge in [-0.1, -0.05) is 57.8 Å². The molecule has 0 spiro atoms. The van der Waals surface area contributed by atoms with E-state index in [1.807, 2.05) is 0 Å². The minimum atomic E-state index is -1.79. The summed E-state index contributed by atoms with van der Waals surface area (Å²) >= 11 is 0. The van der Waals surface area contributed by atoms with Crippen LogP contribution in [0.5, 0.6) is 0 Å². The molecule has 0 saturated heterocycles. The van der Waals surface area contributed by atoms with Gasteiger partial charge in [-0.25, -0.2) is 0 Å². The number of unbranched alkanes of at least 4 members (excludes halogenated alkanes) is 10. The van der Waals surface area contributed by atoms with E-state index in [2.05, 4.69) is 0 Å². The van der Waals surface area contributed by atoms with E-state index in [0.29, 0.717) is 12.8 Å². The number of aliphatic hydroxyl groups excluding tert-OH is 5. The van der Waals surface area contributed by atoms with Gasteiger partial charge in [-0.05, 0) is 12.8 Å². The average Bonchev–Trinajstić information content (AvgIpc) is 2.74. The van der Waals surface area contributed by atoms with Crippen molar-refractivity contribution in [2.24, 2.45) is 0 Å². The Balaban J connectivity index is 0. The van der Waals surface area contributed by atoms with E-state index in [9.17, 15) is 14.4 Å². The summed E-state index contributed by atoms with van der Waals surface area (Å²) in [6.45, 7) is -0.760. The highest BCUT2D eigenvalue weighted by atomic mass is 16.4. The lowest BCUT2D eigenvalue weighted by molar-refractivity contribution is -0.138. The molecule has 0 radical (unpaired) electrons. The summed E-state index contributed by atoms with van der Waals surface area (Å²) in [5.74, 6) is -1.38. The molecule has 0 bridgehead atoms. The van der Waals surface area contributed by atoms with Gasteiger partial charge in [0.1, 0.15) is 24.4 Å². The molecule has 0 aromatic carbocycles. The molecule has 4 atom stereocenters. The van der Waals surface area contributed by atoms with E-state index in [4.69, 9.17) is 35.7 Å². The molecule has 4 unspecified atom stereocenters. The second-order valence-corrected chi connectivity index (χ2v) is 7.53. The van der Waals surface area contributed by atoms with Crippen LogP contribution in [0.4, 0.5) is 0 Å². The number of rotatable bonds is 19. The summed E-state index contributed by atoms with van der Waals surface area (Å²) in [4.78, 5) is 30.5. The molecule has 0 aliphatic rings. The van der Waals surface area contributed by atoms with Gasteiger partial charge in [0.15, 0.2) is 6.29 Å². The summed E-state index contributed by atoms with van der Waals surface area (Å²) in [5.41, 5.74) is 0. The monoisotopic (exact) mass is 452 g/mol. The molecule has 0 saturated carbocycles. The second kappa shape index (κ2) is 21.6. The number of carbonyl (C=O) groups excluding carboxylic acids is 1. The normalized spacial score (nSPS) is 14.6. The summed E-state index contributed by atoms with van der Waals surface area (Å²) in [5, 5.41) is 60.5. The van der Waals surface area contributed by atoms with Crippen molar-refractivity contribution in [3.63, 3.8) is 0 Å². The molecule has 0 heterocycles. The van der Waals surface area contributed by atoms with E-state index in [1.165, 1.54) is 32.1 Å². The van der Waals surface area contributed by atoms with Gasteiger partial charge < -0.3 is 40.5 Å². The molecule has 7 N–H and O–H groups in total. The first kappa shape index (κ1) is 31.6. The predicted octanol–water partition coefficient (Wildman–Crippen LogP) is 0.848. The Labute approximate surface area is 183 Å². The smallest absolute Gasteiger partial charge is 0.303 e. The third kappa shape index (κ3) is 21.4. The van der Waals surface area contributed by atoms with Crippen LogP contribution in [0.3, 0.4) is 0 Å². The number of aldehydes is 1. The van der Waals surface area contributed by atoms with Crippen LogP contribution >= 0.6 is 0 Å². The Bertz CT molecular complexity index is 433. The summed E-state index contributed by atoms with van der Waals surface area (Å²) in [7, 11) is 0. The second-order valence-electron chi connectivity index (χ2n) is 7.53. The van der Waals surface area contributed by atoms with Gasteiger partial charge >= 0.3 is 11.9 Å². The summed E-state index contributed by atoms with van der Waals surface area (Å²) < 4.78 is 0. The van der Waals surface area contributed by atoms with Crippen molar-refractivity contribution in [2.75, 3.05) is 6.61 Å². The molecule has 31 heavy (non-hydrogen) atoms. The minimum Gasteiger partial charge on any atom is -0.481 e. The zero-order chi connectivity index (χ0) is 24.1. The first-order valence-corrected chi connectivity index (χ1v) is 10.9. The van der Waals surface area contributed by atoms with Crippen LogP contribution in [0, 0.1) is 0 Å². The molecule has 0 rings (SSSR count). The van der Waals surface area contributed by atoms with Crippen LogP contribution in [0.15, 0.2) is 0 Å². The highest BCUT2D eigenvalue weighted by Gasteiger charge is 2.29. The standard InChI is InChI=1S/C15H28O4.C6H12O6/c16-14(17)12-10-8-6-4-2-1-3-5-7-9-11-13-15(18)19;7-1-3(9)5(11)6(12)4(10)2-8/h1-13H2,(H,16,17)(H,18,19);1,3-6,8-12H,2H2. The fourth-order valence-electron chi connectivity index (χ4n) is 2.76. The highest BCUT2D eigenvalue weighted by Crippen LogP contribution is 2.12. The Hall–Kier alpha value is -1.59. The fourth-order valence-corrected chi connectivity index (χ4v) is 2.76. The topological polar surface area (TPSA) is 193 Å². The van der Waals surface area contributed by atoms with Gasteiger partial charge in [-0.15, -0.1) is 0 Å². The Kier molecular flexibility index (Phi) is 22.1. The van der Waals surface area contributed by atoms with Gasteiger partial charge in [0.2, 0.25) is 0 Å². The van der Waals surface area contributed by atoms with Crippen LogP contribution in [-0.4, -0.2) is 85.0 Å². The average molecular weight is 453 g/mol. The minimum absolute atomic E-state index is 0.0258. The summed E-state index contributed by atoms with van der Waals surface area (Å²) in [6, 6.07) is 0. The van der Waals surface area contributed by atoms with E-state index < -0.39 is 43.0 Å². The van der Waals surface area contributed by atoms with E-state index in [-0.39, 0.29) is 6.29 Å². The molecular weight excluding hydrogens is 412 g/mol. The van der Waals surface area contributed by atoms with Gasteiger partial charge in [0, 0.05) is 12.8 Å². The van der Waals surface area contributed by atoms with Gasteiger partial charge in [-0.3, -0.25) is 9.59 Å². The number of carboxylic acids is 2. The van der Waals surface area contributed by atoms with Crippen LogP contribution in [-0.2, 0) is 14.4 Å². The van der Waals surface area contributed by atoms with Crippen molar-refractivity contribution in [1.82, 2.24) is 0 Å². The van der Waals surface area contributed by atoms with E-state index in [0.717, 1.165) is 38.5 Å². The zero-order valence-corrected chi connectivity index (χ0v) is 18.1. The molecule has 184 valence electrons. The number of hydrogen-bond donors (Lipinski definition) is 7. The molecule has 0 aromatic rings. The van der Waals surface area contributed by atoms with Gasteiger partial charge in [0.25, 0.3) is 0 Å². The third-order valence-corrected chi connectivity index (χ3v) is 4.70. The summed E-state index contributed by atoms with van der Waals surface area (Å²) in [6.07, 6.45) is 5.86. The third-order valence-electron chi connectivity index (χ3n) is 4.70.